The molecule has 0 aromatic heterocycles. The van der Waals surface area contributed by atoms with Crippen LogP contribution in [0.2, 0.25) is 0 Å². The van der Waals surface area contributed by atoms with Gasteiger partial charge in [0.25, 0.3) is 0 Å². The highest BCUT2D eigenvalue weighted by molar-refractivity contribution is 5.92. The van der Waals surface area contributed by atoms with Gasteiger partial charge in [0.2, 0.25) is 53.2 Å². The average molecular weight is 1340 g/mol. The third kappa shape index (κ3) is 25.9. The summed E-state index contributed by atoms with van der Waals surface area (Å²) in [6, 6.07) is -3.30. The fraction of sp³-hybridized carbons (Fsp3) is 0.850. The minimum Gasteiger partial charge on any atom is -0.396 e. The standard InChI is InChI=1S/C60H107N9O24/c1-35(73)65-47-51(83)50(82)42(34-72)93-56(47)90-29-17-5-9-23-44(77)63-27-16-13-21-41(66-46(79)25-11-7-19-31-92-58(89)60(69-37(3)75)39(33-71)49(81)53(60)85)55(87)67-40(54(86)64-28-14-4-8-22-43(61)76)20-12-15-26-62-45(78)24-10-6-18-30-91-57(88)59(68-36(2)74)38(32-70)48(80)52(59)84/h38-42,47-53,56-58,70-72,80-85,88-89H,4-34H2,1-3H3,(H2,61,76)(H,62,78)(H,63,77)(H,64,86)(H,65,73)(H,66,79)(H,67,87)(H,68,74)(H,69,75)/t38?,39?,40?,41?,42?,47-,48-,49-,50-,51?,52?,53?,56+,57-,58-,59-,60-/m0/s1. The molecule has 0 bridgehead atoms. The second kappa shape index (κ2) is 42.9. The third-order valence-corrected chi connectivity index (χ3v) is 17.1. The molecular formula is C60H107N9O24. The predicted octanol–water partition coefficient (Wildman–Crippen LogP) is -5.56. The zero-order chi connectivity index (χ0) is 69.3. The number of carbonyl (C=O) groups is 9. The number of aliphatic hydroxyl groups excluding tert-OH is 11. The first-order valence-electron chi connectivity index (χ1n) is 32.5. The topological polar surface area (TPSA) is 535 Å². The van der Waals surface area contributed by atoms with Gasteiger partial charge in [0, 0.05) is 97.7 Å². The Balaban J connectivity index is 1.57. The number of amides is 9. The highest BCUT2D eigenvalue weighted by Crippen LogP contribution is 2.43. The molecule has 33 heteroatoms. The fourth-order valence-corrected chi connectivity index (χ4v) is 11.8. The van der Waals surface area contributed by atoms with Gasteiger partial charge in [-0.05, 0) is 89.9 Å². The number of carbonyl (C=O) groups excluding carboxylic acids is 9. The monoisotopic (exact) mass is 1340 g/mol. The molecule has 0 spiro atoms. The van der Waals surface area contributed by atoms with Crippen LogP contribution in [0.1, 0.15) is 162 Å². The van der Waals surface area contributed by atoms with E-state index in [1.807, 2.05) is 0 Å². The van der Waals surface area contributed by atoms with E-state index in [-0.39, 0.29) is 89.8 Å². The van der Waals surface area contributed by atoms with Crippen molar-refractivity contribution in [1.82, 2.24) is 42.5 Å². The van der Waals surface area contributed by atoms with E-state index in [9.17, 15) is 99.3 Å². The molecule has 8 unspecified atom stereocenters. The molecule has 17 atom stereocenters. The lowest BCUT2D eigenvalue weighted by Gasteiger charge is -2.57. The number of nitrogens with one attached hydrogen (secondary N) is 8. The Morgan fingerprint density at radius 3 is 1.35 bits per heavy atom. The van der Waals surface area contributed by atoms with E-state index < -0.39 is 164 Å². The first-order valence-corrected chi connectivity index (χ1v) is 32.5. The SMILES string of the molecule is CC(=O)N[C@H]1C(O)[C@@H](O)C(CO)O[C@H]1OCCCCCC(=O)NCCCCC(NC(=O)CCCCCO[C@H](O)[C@@]1(NC(C)=O)C(O)[C@@H](O)C1CO)C(=O)NC(CCCCNC(=O)CCCCCO[C@H](O)[C@@]1(NC(C)=O)C(O)[C@@H](O)C1CO)C(=O)NCCCCCC(N)=O. The molecule has 0 radical (unpaired) electrons. The lowest BCUT2D eigenvalue weighted by Crippen LogP contribution is -2.82. The van der Waals surface area contributed by atoms with Crippen LogP contribution in [0, 0.1) is 11.8 Å². The second-order valence-corrected chi connectivity index (χ2v) is 24.3. The number of primary amides is 1. The summed E-state index contributed by atoms with van der Waals surface area (Å²) >= 11 is 0. The molecule has 1 heterocycles. The number of ether oxygens (including phenoxy) is 4. The molecule has 3 fully saturated rings. The number of hydrogen-bond donors (Lipinski definition) is 20. The van der Waals surface area contributed by atoms with Gasteiger partial charge in [0.15, 0.2) is 18.9 Å². The van der Waals surface area contributed by atoms with Crippen molar-refractivity contribution in [2.75, 3.05) is 59.3 Å². The Kier molecular flexibility index (Phi) is 37.8. The molecule has 3 rings (SSSR count). The van der Waals surface area contributed by atoms with Crippen molar-refractivity contribution in [3.63, 3.8) is 0 Å². The van der Waals surface area contributed by atoms with Crippen molar-refractivity contribution in [2.24, 2.45) is 17.6 Å². The van der Waals surface area contributed by atoms with Crippen LogP contribution in [0.25, 0.3) is 0 Å². The van der Waals surface area contributed by atoms with Crippen LogP contribution >= 0.6 is 0 Å². The van der Waals surface area contributed by atoms with E-state index in [2.05, 4.69) is 42.5 Å². The van der Waals surface area contributed by atoms with Gasteiger partial charge in [0.1, 0.15) is 59.7 Å². The van der Waals surface area contributed by atoms with Crippen molar-refractivity contribution in [1.29, 1.82) is 0 Å². The van der Waals surface area contributed by atoms with Crippen LogP contribution in [0.4, 0.5) is 0 Å². The van der Waals surface area contributed by atoms with Crippen molar-refractivity contribution in [3.8, 4) is 0 Å². The number of aliphatic hydroxyl groups is 11. The fourth-order valence-electron chi connectivity index (χ4n) is 11.8. The van der Waals surface area contributed by atoms with E-state index >= 15 is 0 Å². The Hall–Kier alpha value is -5.37. The van der Waals surface area contributed by atoms with Gasteiger partial charge in [-0.2, -0.15) is 0 Å². The smallest absolute Gasteiger partial charge is 0.243 e. The van der Waals surface area contributed by atoms with Gasteiger partial charge in [-0.3, -0.25) is 43.2 Å². The maximum Gasteiger partial charge on any atom is 0.243 e. The highest BCUT2D eigenvalue weighted by atomic mass is 16.7. The summed E-state index contributed by atoms with van der Waals surface area (Å²) in [4.78, 5) is 114. The quantitative estimate of drug-likeness (QED) is 0.0199. The Morgan fingerprint density at radius 2 is 0.903 bits per heavy atom. The molecule has 0 aromatic carbocycles. The van der Waals surface area contributed by atoms with Crippen molar-refractivity contribution >= 4 is 53.2 Å². The van der Waals surface area contributed by atoms with Crippen molar-refractivity contribution in [3.05, 3.63) is 0 Å². The van der Waals surface area contributed by atoms with Gasteiger partial charge in [0.05, 0.1) is 32.0 Å². The van der Waals surface area contributed by atoms with Crippen molar-refractivity contribution < 1.29 is 118 Å². The van der Waals surface area contributed by atoms with E-state index in [0.717, 1.165) is 13.8 Å². The molecule has 93 heavy (non-hydrogen) atoms. The Bertz CT molecular complexity index is 2320. The second-order valence-electron chi connectivity index (χ2n) is 24.3. The normalized spacial score (nSPS) is 27.0. The van der Waals surface area contributed by atoms with Crippen LogP contribution in [-0.2, 0) is 62.1 Å². The zero-order valence-corrected chi connectivity index (χ0v) is 53.9. The lowest BCUT2D eigenvalue weighted by atomic mass is 9.61. The number of nitrogens with two attached hydrogens (primary N) is 1. The largest absolute Gasteiger partial charge is 0.396 e. The zero-order valence-electron chi connectivity index (χ0n) is 53.9. The van der Waals surface area contributed by atoms with Crippen LogP contribution in [0.15, 0.2) is 0 Å². The molecule has 33 nitrogen and oxygen atoms in total. The number of unbranched alkanes of at least 4 members (excludes halogenated alkanes) is 10. The summed E-state index contributed by atoms with van der Waals surface area (Å²) in [6.07, 6.45) is -7.14. The van der Waals surface area contributed by atoms with Crippen molar-refractivity contribution in [2.45, 2.75) is 253 Å². The molecule has 9 amide bonds. The van der Waals surface area contributed by atoms with Crippen LogP contribution in [-0.4, -0.2) is 259 Å². The molecule has 0 aromatic rings. The Labute approximate surface area is 542 Å². The highest BCUT2D eigenvalue weighted by Gasteiger charge is 2.67. The van der Waals surface area contributed by atoms with Gasteiger partial charge in [-0.1, -0.05) is 25.7 Å². The first-order chi connectivity index (χ1) is 44.2. The number of hydrogen-bond acceptors (Lipinski definition) is 24. The van der Waals surface area contributed by atoms with Gasteiger partial charge >= 0.3 is 0 Å². The average Bonchev–Trinajstić information content (AvgIpc) is 0.729. The first kappa shape index (κ1) is 81.9. The summed E-state index contributed by atoms with van der Waals surface area (Å²) in [7, 11) is 0. The molecule has 2 aliphatic carbocycles. The summed E-state index contributed by atoms with van der Waals surface area (Å²) in [5.41, 5.74) is 1.61. The van der Waals surface area contributed by atoms with E-state index in [1.165, 1.54) is 6.92 Å². The van der Waals surface area contributed by atoms with E-state index in [0.29, 0.717) is 103 Å². The van der Waals surface area contributed by atoms with Crippen LogP contribution in [0.3, 0.4) is 0 Å². The van der Waals surface area contributed by atoms with Gasteiger partial charge in [-0.25, -0.2) is 0 Å². The summed E-state index contributed by atoms with van der Waals surface area (Å²) < 4.78 is 22.3. The van der Waals surface area contributed by atoms with Gasteiger partial charge in [-0.15, -0.1) is 0 Å². The molecule has 3 aliphatic rings. The van der Waals surface area contributed by atoms with E-state index in [4.69, 9.17) is 24.7 Å². The molecule has 2 saturated carbocycles. The summed E-state index contributed by atoms with van der Waals surface area (Å²) in [5.74, 6) is -6.54. The molecule has 1 aliphatic heterocycles. The molecule has 1 saturated heterocycles. The molecule has 21 N–H and O–H groups in total. The minimum atomic E-state index is -1.85. The third-order valence-electron chi connectivity index (χ3n) is 17.1. The Morgan fingerprint density at radius 1 is 0.473 bits per heavy atom. The maximum atomic E-state index is 14.2. The summed E-state index contributed by atoms with van der Waals surface area (Å²) in [6.45, 7) is 2.32. The predicted molar refractivity (Wildman–Crippen MR) is 327 cm³/mol. The number of rotatable bonds is 49. The summed E-state index contributed by atoms with van der Waals surface area (Å²) in [5, 5.41) is 134. The van der Waals surface area contributed by atoms with Crippen LogP contribution < -0.4 is 48.3 Å². The van der Waals surface area contributed by atoms with E-state index in [1.54, 1.807) is 0 Å². The van der Waals surface area contributed by atoms with Crippen LogP contribution in [0.5, 0.6) is 0 Å². The maximum absolute atomic E-state index is 14.2. The van der Waals surface area contributed by atoms with Gasteiger partial charge < -0.3 is 123 Å². The molecular weight excluding hydrogens is 1230 g/mol. The minimum absolute atomic E-state index is 0.0213. The lowest BCUT2D eigenvalue weighted by molar-refractivity contribution is -0.281. The molecule has 536 valence electrons.